The largest absolute Gasteiger partial charge is 0.390 e. The third-order valence-electron chi connectivity index (χ3n) is 5.09. The maximum absolute atomic E-state index is 9.35. The van der Waals surface area contributed by atoms with E-state index in [-0.39, 0.29) is 12.5 Å². The smallest absolute Gasteiger partial charge is 0.325 e. The van der Waals surface area contributed by atoms with E-state index in [1.807, 2.05) is 0 Å². The van der Waals surface area contributed by atoms with Gasteiger partial charge >= 0.3 is 5.88 Å². The van der Waals surface area contributed by atoms with Crippen molar-refractivity contribution >= 4 is 5.84 Å². The molecule has 5 heteroatoms. The van der Waals surface area contributed by atoms with Crippen molar-refractivity contribution in [1.82, 2.24) is 0 Å². The highest BCUT2D eigenvalue weighted by molar-refractivity contribution is 5.77. The number of unbranched alkanes of at least 4 members (excludes halogenated alkanes) is 9. The molecule has 1 aliphatic rings. The number of aliphatic hydroxyl groups is 1. The molecule has 24 heavy (non-hydrogen) atoms. The van der Waals surface area contributed by atoms with E-state index in [0.717, 1.165) is 18.7 Å². The Morgan fingerprint density at radius 3 is 2.21 bits per heavy atom. The molecular weight excluding hydrogens is 304 g/mol. The molecule has 0 aromatic rings. The molecule has 1 unspecified atom stereocenters. The third kappa shape index (κ3) is 6.54. The van der Waals surface area contributed by atoms with Gasteiger partial charge in [0, 0.05) is 13.0 Å². The highest BCUT2D eigenvalue weighted by atomic mass is 17.1. The number of nitrogens with zero attached hydrogens (tertiary/aromatic N) is 2. The topological polar surface area (TPSA) is 62.0 Å². The molecule has 140 valence electrons. The van der Waals surface area contributed by atoms with Crippen molar-refractivity contribution < 1.29 is 19.7 Å². The van der Waals surface area contributed by atoms with Crippen molar-refractivity contribution in [3.05, 3.63) is 12.5 Å². The minimum atomic E-state index is 0.0272. The van der Waals surface area contributed by atoms with Gasteiger partial charge in [0.1, 0.15) is 13.1 Å². The van der Waals surface area contributed by atoms with Crippen LogP contribution in [0.3, 0.4) is 0 Å². The number of amidine groups is 1. The molecule has 1 atom stereocenters. The zero-order valence-corrected chi connectivity index (χ0v) is 15.5. The predicted octanol–water partition coefficient (Wildman–Crippen LogP) is 4.48. The van der Waals surface area contributed by atoms with Crippen molar-refractivity contribution in [3.8, 4) is 0 Å². The minimum absolute atomic E-state index is 0.0272. The van der Waals surface area contributed by atoms with Crippen molar-refractivity contribution in [2.24, 2.45) is 4.99 Å². The zero-order valence-electron chi connectivity index (χ0n) is 15.5. The Bertz CT molecular complexity index is 385. The van der Waals surface area contributed by atoms with Crippen molar-refractivity contribution in [3.63, 3.8) is 0 Å². The van der Waals surface area contributed by atoms with Gasteiger partial charge in [0.05, 0.1) is 13.2 Å². The minimum Gasteiger partial charge on any atom is -0.390 e. The lowest BCUT2D eigenvalue weighted by Gasteiger charge is -2.32. The molecule has 0 amide bonds. The number of hydrogen-bond donors (Lipinski definition) is 2. The molecule has 0 radical (unpaired) electrons. The Hall–Kier alpha value is -0.910. The quantitative estimate of drug-likeness (QED) is 0.152. The lowest BCUT2D eigenvalue weighted by Crippen LogP contribution is -2.51. The molecule has 0 saturated carbocycles. The van der Waals surface area contributed by atoms with Gasteiger partial charge in [0.2, 0.25) is 5.84 Å². The maximum atomic E-state index is 9.35. The van der Waals surface area contributed by atoms with Crippen LogP contribution >= 0.6 is 0 Å². The molecule has 0 aromatic heterocycles. The summed E-state index contributed by atoms with van der Waals surface area (Å²) in [5.41, 5.74) is 0. The van der Waals surface area contributed by atoms with E-state index < -0.39 is 0 Å². The summed E-state index contributed by atoms with van der Waals surface area (Å²) in [6.45, 7) is 7.97. The standard InChI is InChI=1S/C19H36N2O3/c1-3-4-5-6-7-8-9-10-11-12-13-19-20-14-15-21(19,16-17-22)18(2)24-23/h22H,2-17H2,1H3/p+1. The molecule has 1 heterocycles. The van der Waals surface area contributed by atoms with Crippen LogP contribution in [0.4, 0.5) is 0 Å². The molecule has 1 rings (SSSR count). The van der Waals surface area contributed by atoms with Gasteiger partial charge in [0.25, 0.3) is 0 Å². The van der Waals surface area contributed by atoms with Gasteiger partial charge in [-0.1, -0.05) is 64.7 Å². The Morgan fingerprint density at radius 2 is 1.67 bits per heavy atom. The first-order valence-electron chi connectivity index (χ1n) is 9.74. The SMILES string of the molecule is C=C(OO)[N+]1(CCO)CCN=C1CCCCCCCCCCCC. The van der Waals surface area contributed by atoms with E-state index in [1.165, 1.54) is 57.8 Å². The lowest BCUT2D eigenvalue weighted by atomic mass is 10.1. The van der Waals surface area contributed by atoms with Crippen molar-refractivity contribution in [2.75, 3.05) is 26.2 Å². The van der Waals surface area contributed by atoms with Crippen molar-refractivity contribution in [2.45, 2.75) is 77.6 Å². The molecule has 0 aromatic carbocycles. The van der Waals surface area contributed by atoms with Crippen LogP contribution in [0.2, 0.25) is 0 Å². The number of quaternary nitrogens is 1. The first kappa shape index (κ1) is 21.1. The van der Waals surface area contributed by atoms with Crippen LogP contribution in [0.15, 0.2) is 17.5 Å². The second-order valence-electron chi connectivity index (χ2n) is 6.85. The van der Waals surface area contributed by atoms with Gasteiger partial charge in [-0.3, -0.25) is 4.89 Å². The van der Waals surface area contributed by atoms with Crippen LogP contribution < -0.4 is 0 Å². The Kier molecular flexibility index (Phi) is 11.0. The summed E-state index contributed by atoms with van der Waals surface area (Å²) < 4.78 is 0.296. The number of hydrogen-bond acceptors (Lipinski definition) is 4. The highest BCUT2D eigenvalue weighted by Gasteiger charge is 2.42. The second kappa shape index (κ2) is 12.5. The summed E-state index contributed by atoms with van der Waals surface area (Å²) in [6.07, 6.45) is 14.0. The van der Waals surface area contributed by atoms with E-state index in [4.69, 9.17) is 5.26 Å². The average molecular weight is 342 g/mol. The molecule has 0 aliphatic carbocycles. The first-order valence-corrected chi connectivity index (χ1v) is 9.74. The summed E-state index contributed by atoms with van der Waals surface area (Å²) in [7, 11) is 0. The molecular formula is C19H37N2O3+. The molecule has 2 N–H and O–H groups in total. The fourth-order valence-corrected chi connectivity index (χ4v) is 3.56. The normalized spacial score (nSPS) is 20.2. The first-order chi connectivity index (χ1) is 11.7. The fraction of sp³-hybridized carbons (Fsp3) is 0.842. The van der Waals surface area contributed by atoms with Gasteiger partial charge in [0.15, 0.2) is 0 Å². The van der Waals surface area contributed by atoms with Gasteiger partial charge < -0.3 is 5.11 Å². The van der Waals surface area contributed by atoms with Gasteiger partial charge in [-0.2, -0.15) is 5.26 Å². The number of aliphatic imine (C=N–C) groups is 1. The Labute approximate surface area is 147 Å². The van der Waals surface area contributed by atoms with Crippen molar-refractivity contribution in [1.29, 1.82) is 0 Å². The van der Waals surface area contributed by atoms with Crippen LogP contribution in [-0.2, 0) is 4.89 Å². The van der Waals surface area contributed by atoms with E-state index >= 15 is 0 Å². The Balaban J connectivity index is 2.20. The van der Waals surface area contributed by atoms with Crippen LogP contribution in [0, 0.1) is 0 Å². The Morgan fingerprint density at radius 1 is 1.08 bits per heavy atom. The fourth-order valence-electron chi connectivity index (χ4n) is 3.56. The maximum Gasteiger partial charge on any atom is 0.325 e. The highest BCUT2D eigenvalue weighted by Crippen LogP contribution is 2.26. The predicted molar refractivity (Wildman–Crippen MR) is 98.7 cm³/mol. The average Bonchev–Trinajstić information content (AvgIpc) is 3.00. The summed E-state index contributed by atoms with van der Waals surface area (Å²) in [4.78, 5) is 8.98. The van der Waals surface area contributed by atoms with Gasteiger partial charge in [-0.15, -0.1) is 0 Å². The van der Waals surface area contributed by atoms with Gasteiger partial charge in [-0.25, -0.2) is 9.48 Å². The molecule has 0 saturated heterocycles. The lowest BCUT2D eigenvalue weighted by molar-refractivity contribution is -0.823. The van der Waals surface area contributed by atoms with E-state index in [0.29, 0.717) is 24.1 Å². The van der Waals surface area contributed by atoms with E-state index in [1.54, 1.807) is 0 Å². The van der Waals surface area contributed by atoms with Crippen LogP contribution in [0.5, 0.6) is 0 Å². The van der Waals surface area contributed by atoms with E-state index in [9.17, 15) is 5.11 Å². The molecule has 0 fully saturated rings. The number of aliphatic hydroxyl groups excluding tert-OH is 1. The number of rotatable bonds is 15. The van der Waals surface area contributed by atoms with Crippen LogP contribution in [0.1, 0.15) is 77.6 Å². The third-order valence-corrected chi connectivity index (χ3v) is 5.09. The summed E-state index contributed by atoms with van der Waals surface area (Å²) in [6, 6.07) is 0. The summed E-state index contributed by atoms with van der Waals surface area (Å²) in [5, 5.41) is 18.4. The summed E-state index contributed by atoms with van der Waals surface area (Å²) >= 11 is 0. The molecule has 0 spiro atoms. The molecule has 5 nitrogen and oxygen atoms in total. The van der Waals surface area contributed by atoms with Crippen LogP contribution in [0.25, 0.3) is 0 Å². The summed E-state index contributed by atoms with van der Waals surface area (Å²) in [5.74, 6) is 1.26. The van der Waals surface area contributed by atoms with E-state index in [2.05, 4.69) is 23.4 Å². The van der Waals surface area contributed by atoms with Crippen LogP contribution in [-0.4, -0.2) is 46.9 Å². The second-order valence-corrected chi connectivity index (χ2v) is 6.85. The van der Waals surface area contributed by atoms with Gasteiger partial charge in [-0.05, 0) is 6.42 Å². The zero-order chi connectivity index (χ0) is 17.7. The molecule has 0 bridgehead atoms. The monoisotopic (exact) mass is 341 g/mol. The molecule has 1 aliphatic heterocycles.